The molecule has 29 heavy (non-hydrogen) atoms. The number of allylic oxidation sites excluding steroid dienone is 1. The molecule has 2 aromatic rings. The zero-order valence-electron chi connectivity index (χ0n) is 16.4. The largest absolute Gasteiger partial charge is 0.351 e. The molecule has 0 spiro atoms. The summed E-state index contributed by atoms with van der Waals surface area (Å²) in [7, 11) is -4.03. The van der Waals surface area contributed by atoms with Crippen molar-refractivity contribution in [1.29, 1.82) is 0 Å². The number of carbonyl (C=O) groups excluding carboxylic acids is 1. The Labute approximate surface area is 171 Å². The summed E-state index contributed by atoms with van der Waals surface area (Å²) in [5.41, 5.74) is 2.53. The molecule has 154 valence electrons. The number of halogens is 1. The Balaban J connectivity index is 1.83. The summed E-state index contributed by atoms with van der Waals surface area (Å²) in [4.78, 5) is 12.5. The zero-order valence-corrected chi connectivity index (χ0v) is 17.2. The van der Waals surface area contributed by atoms with Gasteiger partial charge in [0, 0.05) is 6.54 Å². The van der Waals surface area contributed by atoms with Crippen LogP contribution in [0.4, 0.5) is 10.1 Å². The number of nitrogens with one attached hydrogen (secondary N) is 1. The number of aryl methyl sites for hydroxylation is 1. The van der Waals surface area contributed by atoms with Gasteiger partial charge in [0.05, 0.1) is 10.6 Å². The number of hydrogen-bond acceptors (Lipinski definition) is 3. The molecule has 5 nitrogen and oxygen atoms in total. The van der Waals surface area contributed by atoms with Crippen LogP contribution in [-0.2, 0) is 14.8 Å². The van der Waals surface area contributed by atoms with E-state index in [1.165, 1.54) is 17.7 Å². The summed E-state index contributed by atoms with van der Waals surface area (Å²) in [6.07, 6.45) is 6.37. The molecule has 0 aliphatic heterocycles. The van der Waals surface area contributed by atoms with Crippen molar-refractivity contribution in [3.05, 3.63) is 71.6 Å². The number of anilines is 1. The number of amides is 1. The van der Waals surface area contributed by atoms with Crippen molar-refractivity contribution >= 4 is 21.6 Å². The molecular formula is C22H25FN2O3S. The lowest BCUT2D eigenvalue weighted by atomic mass is 10.00. The Kier molecular flexibility index (Phi) is 6.69. The Morgan fingerprint density at radius 2 is 1.76 bits per heavy atom. The summed E-state index contributed by atoms with van der Waals surface area (Å²) >= 11 is 0. The summed E-state index contributed by atoms with van der Waals surface area (Å²) < 4.78 is 40.7. The number of rotatable bonds is 7. The van der Waals surface area contributed by atoms with Crippen molar-refractivity contribution in [2.45, 2.75) is 37.5 Å². The van der Waals surface area contributed by atoms with Gasteiger partial charge in [0.25, 0.3) is 10.0 Å². The highest BCUT2D eigenvalue weighted by Crippen LogP contribution is 2.24. The smallest absolute Gasteiger partial charge is 0.264 e. The van der Waals surface area contributed by atoms with Gasteiger partial charge in [-0.2, -0.15) is 0 Å². The van der Waals surface area contributed by atoms with Gasteiger partial charge < -0.3 is 5.32 Å². The van der Waals surface area contributed by atoms with Crippen molar-refractivity contribution in [3.63, 3.8) is 0 Å². The summed E-state index contributed by atoms with van der Waals surface area (Å²) in [5, 5.41) is 2.82. The van der Waals surface area contributed by atoms with E-state index in [4.69, 9.17) is 0 Å². The molecule has 0 bridgehead atoms. The summed E-state index contributed by atoms with van der Waals surface area (Å²) in [5.74, 6) is -0.910. The van der Waals surface area contributed by atoms with Gasteiger partial charge in [-0.05, 0) is 69.0 Å². The average Bonchev–Trinajstić information content (AvgIpc) is 2.72. The lowest BCUT2D eigenvalue weighted by Crippen LogP contribution is -2.41. The molecule has 0 aromatic heterocycles. The van der Waals surface area contributed by atoms with E-state index >= 15 is 0 Å². The standard InChI is InChI=1S/C22H25FN2O3S/c1-17-7-11-20(12-8-17)25(29(27,28)21-13-9-19(23)10-14-21)16-22(26)24-15-18-5-3-2-4-6-18/h5,7-14H,2-4,6,15-16H2,1H3,(H,24,26). The Hall–Kier alpha value is -2.67. The molecule has 1 aliphatic carbocycles. The predicted molar refractivity (Wildman–Crippen MR) is 112 cm³/mol. The minimum absolute atomic E-state index is 0.0673. The van der Waals surface area contributed by atoms with Crippen molar-refractivity contribution in [3.8, 4) is 0 Å². The van der Waals surface area contributed by atoms with Crippen LogP contribution in [0.5, 0.6) is 0 Å². The summed E-state index contributed by atoms with van der Waals surface area (Å²) in [6.45, 7) is 1.97. The molecule has 0 heterocycles. The number of nitrogens with zero attached hydrogens (tertiary/aromatic N) is 1. The maximum atomic E-state index is 13.3. The van der Waals surface area contributed by atoms with Gasteiger partial charge in [-0.25, -0.2) is 12.8 Å². The van der Waals surface area contributed by atoms with Crippen LogP contribution >= 0.6 is 0 Å². The molecule has 0 saturated heterocycles. The van der Waals surface area contributed by atoms with Crippen molar-refractivity contribution in [2.75, 3.05) is 17.4 Å². The average molecular weight is 417 g/mol. The van der Waals surface area contributed by atoms with Crippen LogP contribution < -0.4 is 9.62 Å². The summed E-state index contributed by atoms with van der Waals surface area (Å²) in [6, 6.07) is 11.5. The van der Waals surface area contributed by atoms with E-state index in [0.717, 1.165) is 47.7 Å². The molecule has 0 saturated carbocycles. The second kappa shape index (κ2) is 9.22. The molecule has 2 aromatic carbocycles. The van der Waals surface area contributed by atoms with Gasteiger partial charge in [0.2, 0.25) is 5.91 Å². The molecule has 0 unspecified atom stereocenters. The highest BCUT2D eigenvalue weighted by molar-refractivity contribution is 7.92. The minimum Gasteiger partial charge on any atom is -0.351 e. The lowest BCUT2D eigenvalue weighted by molar-refractivity contribution is -0.119. The molecule has 3 rings (SSSR count). The highest BCUT2D eigenvalue weighted by atomic mass is 32.2. The number of sulfonamides is 1. The second-order valence-corrected chi connectivity index (χ2v) is 9.05. The molecule has 0 fully saturated rings. The van der Waals surface area contributed by atoms with Crippen LogP contribution in [0.1, 0.15) is 31.2 Å². The normalized spacial score (nSPS) is 14.2. The van der Waals surface area contributed by atoms with E-state index < -0.39 is 15.8 Å². The monoisotopic (exact) mass is 416 g/mol. The molecule has 7 heteroatoms. The van der Waals surface area contributed by atoms with Crippen molar-refractivity contribution in [2.24, 2.45) is 0 Å². The SMILES string of the molecule is Cc1ccc(N(CC(=O)NCC2=CCCCC2)S(=O)(=O)c2ccc(F)cc2)cc1. The minimum atomic E-state index is -4.03. The molecule has 1 N–H and O–H groups in total. The first-order valence-corrected chi connectivity index (χ1v) is 11.1. The van der Waals surface area contributed by atoms with Crippen molar-refractivity contribution in [1.82, 2.24) is 5.32 Å². The topological polar surface area (TPSA) is 66.5 Å². The van der Waals surface area contributed by atoms with Crippen molar-refractivity contribution < 1.29 is 17.6 Å². The third-order valence-electron chi connectivity index (χ3n) is 4.91. The highest BCUT2D eigenvalue weighted by Gasteiger charge is 2.27. The fourth-order valence-electron chi connectivity index (χ4n) is 3.22. The van der Waals surface area contributed by atoms with Gasteiger partial charge in [-0.1, -0.05) is 29.3 Å². The number of hydrogen-bond donors (Lipinski definition) is 1. The predicted octanol–water partition coefficient (Wildman–Crippen LogP) is 3.95. The fraction of sp³-hybridized carbons (Fsp3) is 0.318. The van der Waals surface area contributed by atoms with Gasteiger partial charge in [-0.3, -0.25) is 9.10 Å². The third kappa shape index (κ3) is 5.44. The van der Waals surface area contributed by atoms with E-state index in [9.17, 15) is 17.6 Å². The quantitative estimate of drug-likeness (QED) is 0.695. The van der Waals surface area contributed by atoms with Crippen LogP contribution in [0, 0.1) is 12.7 Å². The Morgan fingerprint density at radius 1 is 1.07 bits per heavy atom. The zero-order chi connectivity index (χ0) is 20.9. The molecule has 1 amide bonds. The molecule has 0 radical (unpaired) electrons. The van der Waals surface area contributed by atoms with E-state index in [1.807, 2.05) is 6.92 Å². The van der Waals surface area contributed by atoms with Gasteiger partial charge in [0.15, 0.2) is 0 Å². The van der Waals surface area contributed by atoms with Crippen LogP contribution in [0.15, 0.2) is 65.1 Å². The maximum absolute atomic E-state index is 13.3. The van der Waals surface area contributed by atoms with Crippen LogP contribution in [0.3, 0.4) is 0 Å². The fourth-order valence-corrected chi connectivity index (χ4v) is 4.64. The lowest BCUT2D eigenvalue weighted by Gasteiger charge is -2.24. The van der Waals surface area contributed by atoms with Crippen LogP contribution in [-0.4, -0.2) is 27.4 Å². The van der Waals surface area contributed by atoms with E-state index in [1.54, 1.807) is 24.3 Å². The molecule has 0 atom stereocenters. The van der Waals surface area contributed by atoms with E-state index in [0.29, 0.717) is 12.2 Å². The Morgan fingerprint density at radius 3 is 2.38 bits per heavy atom. The first-order valence-electron chi connectivity index (χ1n) is 9.66. The van der Waals surface area contributed by atoms with E-state index in [-0.39, 0.29) is 17.3 Å². The first kappa shape index (κ1) is 21.0. The second-order valence-electron chi connectivity index (χ2n) is 7.19. The molecule has 1 aliphatic rings. The van der Waals surface area contributed by atoms with Crippen LogP contribution in [0.2, 0.25) is 0 Å². The maximum Gasteiger partial charge on any atom is 0.264 e. The van der Waals surface area contributed by atoms with Gasteiger partial charge in [0.1, 0.15) is 12.4 Å². The van der Waals surface area contributed by atoms with Crippen LogP contribution in [0.25, 0.3) is 0 Å². The Bertz CT molecular complexity index is 984. The number of benzene rings is 2. The van der Waals surface area contributed by atoms with Gasteiger partial charge in [-0.15, -0.1) is 0 Å². The van der Waals surface area contributed by atoms with Gasteiger partial charge >= 0.3 is 0 Å². The first-order chi connectivity index (χ1) is 13.9. The van der Waals surface area contributed by atoms with E-state index in [2.05, 4.69) is 11.4 Å². The number of carbonyl (C=O) groups is 1. The third-order valence-corrected chi connectivity index (χ3v) is 6.70. The molecular weight excluding hydrogens is 391 g/mol.